The van der Waals surface area contributed by atoms with Crippen LogP contribution in [0, 0.1) is 0 Å². The minimum absolute atomic E-state index is 0.125. The first-order chi connectivity index (χ1) is 9.24. The Morgan fingerprint density at radius 3 is 2.84 bits per heavy atom. The molecule has 0 atom stereocenters. The van der Waals surface area contributed by atoms with Gasteiger partial charge in [-0.25, -0.2) is 4.98 Å². The highest BCUT2D eigenvalue weighted by molar-refractivity contribution is 6.30. The maximum atomic E-state index is 9.27. The number of pyridine rings is 1. The molecule has 5 heteroatoms. The molecule has 0 radical (unpaired) electrons. The van der Waals surface area contributed by atoms with E-state index in [1.54, 1.807) is 31.5 Å². The molecule has 0 spiro atoms. The van der Waals surface area contributed by atoms with E-state index in [0.29, 0.717) is 28.8 Å². The molecule has 1 aromatic carbocycles. The summed E-state index contributed by atoms with van der Waals surface area (Å²) >= 11 is 5.86. The summed E-state index contributed by atoms with van der Waals surface area (Å²) in [6, 6.07) is 8.82. The van der Waals surface area contributed by atoms with E-state index in [2.05, 4.69) is 4.98 Å². The van der Waals surface area contributed by atoms with Gasteiger partial charge in [0.2, 0.25) is 5.88 Å². The van der Waals surface area contributed by atoms with Gasteiger partial charge in [0.05, 0.1) is 19.3 Å². The molecule has 4 nitrogen and oxygen atoms in total. The Bertz CT molecular complexity index is 560. The van der Waals surface area contributed by atoms with E-state index >= 15 is 0 Å². The van der Waals surface area contributed by atoms with Crippen LogP contribution in [-0.2, 0) is 13.2 Å². The van der Waals surface area contributed by atoms with Crippen LogP contribution in [0.1, 0.15) is 11.1 Å². The fourth-order valence-corrected chi connectivity index (χ4v) is 1.88. The number of ether oxygens (including phenoxy) is 2. The lowest BCUT2D eigenvalue weighted by Crippen LogP contribution is -2.02. The van der Waals surface area contributed by atoms with Crippen molar-refractivity contribution in [3.8, 4) is 11.6 Å². The van der Waals surface area contributed by atoms with Crippen molar-refractivity contribution in [2.24, 2.45) is 0 Å². The predicted octanol–water partition coefficient (Wildman–Crippen LogP) is 2.81. The molecule has 2 aromatic rings. The molecule has 0 amide bonds. The normalized spacial score (nSPS) is 10.3. The molecule has 0 saturated heterocycles. The number of hydrogen-bond acceptors (Lipinski definition) is 4. The van der Waals surface area contributed by atoms with Gasteiger partial charge in [-0.2, -0.15) is 0 Å². The summed E-state index contributed by atoms with van der Waals surface area (Å²) < 4.78 is 10.8. The van der Waals surface area contributed by atoms with E-state index in [1.165, 1.54) is 0 Å². The van der Waals surface area contributed by atoms with Crippen molar-refractivity contribution >= 4 is 11.6 Å². The van der Waals surface area contributed by atoms with Crippen molar-refractivity contribution in [1.29, 1.82) is 0 Å². The molecule has 1 aromatic heterocycles. The van der Waals surface area contributed by atoms with Crippen LogP contribution in [0.5, 0.6) is 11.6 Å². The molecule has 0 unspecified atom stereocenters. The Labute approximate surface area is 116 Å². The van der Waals surface area contributed by atoms with Crippen molar-refractivity contribution in [1.82, 2.24) is 4.98 Å². The van der Waals surface area contributed by atoms with Crippen molar-refractivity contribution in [3.63, 3.8) is 0 Å². The van der Waals surface area contributed by atoms with E-state index in [9.17, 15) is 5.11 Å². The van der Waals surface area contributed by atoms with Crippen molar-refractivity contribution in [2.45, 2.75) is 13.2 Å². The van der Waals surface area contributed by atoms with Gasteiger partial charge in [0.1, 0.15) is 12.4 Å². The number of halogens is 1. The summed E-state index contributed by atoms with van der Waals surface area (Å²) in [6.07, 6.45) is 1.66. The average Bonchev–Trinajstić information content (AvgIpc) is 2.46. The van der Waals surface area contributed by atoms with Crippen LogP contribution in [-0.4, -0.2) is 17.2 Å². The Kier molecular flexibility index (Phi) is 4.60. The Morgan fingerprint density at radius 1 is 1.26 bits per heavy atom. The number of hydrogen-bond donors (Lipinski definition) is 1. The molecule has 2 rings (SSSR count). The number of aliphatic hydroxyl groups is 1. The van der Waals surface area contributed by atoms with Gasteiger partial charge >= 0.3 is 0 Å². The summed E-state index contributed by atoms with van der Waals surface area (Å²) in [7, 11) is 1.56. The van der Waals surface area contributed by atoms with Crippen LogP contribution < -0.4 is 9.47 Å². The fraction of sp³-hybridized carbons (Fsp3) is 0.214. The van der Waals surface area contributed by atoms with Crippen molar-refractivity contribution in [2.75, 3.05) is 7.11 Å². The lowest BCUT2D eigenvalue weighted by atomic mass is 10.2. The maximum absolute atomic E-state index is 9.27. The molecule has 1 N–H and O–H groups in total. The number of nitrogens with zero attached hydrogens (tertiary/aromatic N) is 1. The molecule has 100 valence electrons. The molecule has 0 aliphatic heterocycles. The van der Waals surface area contributed by atoms with Crippen LogP contribution in [0.4, 0.5) is 0 Å². The monoisotopic (exact) mass is 279 g/mol. The van der Waals surface area contributed by atoms with Crippen LogP contribution in [0.3, 0.4) is 0 Å². The average molecular weight is 280 g/mol. The second kappa shape index (κ2) is 6.41. The number of aromatic nitrogens is 1. The van der Waals surface area contributed by atoms with E-state index in [0.717, 1.165) is 5.56 Å². The molecule has 0 bridgehead atoms. The zero-order valence-electron chi connectivity index (χ0n) is 10.5. The van der Waals surface area contributed by atoms with Crippen LogP contribution in [0.25, 0.3) is 0 Å². The van der Waals surface area contributed by atoms with Crippen molar-refractivity contribution < 1.29 is 14.6 Å². The molecular weight excluding hydrogens is 266 g/mol. The molecule has 0 fully saturated rings. The first kappa shape index (κ1) is 13.6. The first-order valence-electron chi connectivity index (χ1n) is 5.74. The molecule has 0 saturated carbocycles. The highest BCUT2D eigenvalue weighted by Crippen LogP contribution is 2.25. The van der Waals surface area contributed by atoms with E-state index in [1.807, 2.05) is 12.1 Å². The Hall–Kier alpha value is -1.78. The molecule has 0 aliphatic carbocycles. The van der Waals surface area contributed by atoms with Gasteiger partial charge in [-0.15, -0.1) is 0 Å². The standard InChI is InChI=1S/C14H14ClNO3/c1-18-14-10(3-2-6-16-14)9-19-13-5-4-12(15)7-11(13)8-17/h2-7,17H,8-9H2,1H3. The lowest BCUT2D eigenvalue weighted by molar-refractivity contribution is 0.256. The molecule has 19 heavy (non-hydrogen) atoms. The second-order valence-corrected chi connectivity index (χ2v) is 4.31. The smallest absolute Gasteiger partial charge is 0.219 e. The third-order valence-electron chi connectivity index (χ3n) is 2.62. The molecular formula is C14H14ClNO3. The SMILES string of the molecule is COc1ncccc1COc1ccc(Cl)cc1CO. The number of methoxy groups -OCH3 is 1. The van der Waals surface area contributed by atoms with Gasteiger partial charge in [-0.1, -0.05) is 11.6 Å². The van der Waals surface area contributed by atoms with Gasteiger partial charge in [-0.05, 0) is 30.3 Å². The highest BCUT2D eigenvalue weighted by atomic mass is 35.5. The minimum atomic E-state index is -0.125. The van der Waals surface area contributed by atoms with E-state index in [4.69, 9.17) is 21.1 Å². The highest BCUT2D eigenvalue weighted by Gasteiger charge is 2.07. The largest absolute Gasteiger partial charge is 0.488 e. The van der Waals surface area contributed by atoms with Gasteiger partial charge in [0.25, 0.3) is 0 Å². The summed E-state index contributed by atoms with van der Waals surface area (Å²) in [5.74, 6) is 1.12. The first-order valence-corrected chi connectivity index (χ1v) is 6.12. The van der Waals surface area contributed by atoms with E-state index in [-0.39, 0.29) is 6.61 Å². The third-order valence-corrected chi connectivity index (χ3v) is 2.85. The van der Waals surface area contributed by atoms with Crippen LogP contribution in [0.2, 0.25) is 5.02 Å². The fourth-order valence-electron chi connectivity index (χ4n) is 1.69. The quantitative estimate of drug-likeness (QED) is 0.914. The zero-order valence-corrected chi connectivity index (χ0v) is 11.2. The minimum Gasteiger partial charge on any atom is -0.488 e. The second-order valence-electron chi connectivity index (χ2n) is 3.87. The number of rotatable bonds is 5. The van der Waals surface area contributed by atoms with Gasteiger partial charge in [-0.3, -0.25) is 0 Å². The van der Waals surface area contributed by atoms with Gasteiger partial charge < -0.3 is 14.6 Å². The molecule has 0 aliphatic rings. The summed E-state index contributed by atoms with van der Waals surface area (Å²) in [6.45, 7) is 0.186. The van der Waals surface area contributed by atoms with E-state index < -0.39 is 0 Å². The predicted molar refractivity (Wildman–Crippen MR) is 72.5 cm³/mol. The topological polar surface area (TPSA) is 51.6 Å². The zero-order chi connectivity index (χ0) is 13.7. The Balaban J connectivity index is 2.14. The third kappa shape index (κ3) is 3.36. The maximum Gasteiger partial charge on any atom is 0.219 e. The van der Waals surface area contributed by atoms with Crippen LogP contribution >= 0.6 is 11.6 Å². The summed E-state index contributed by atoms with van der Waals surface area (Å²) in [5.41, 5.74) is 1.49. The van der Waals surface area contributed by atoms with Crippen LogP contribution in [0.15, 0.2) is 36.5 Å². The van der Waals surface area contributed by atoms with Gasteiger partial charge in [0.15, 0.2) is 0 Å². The lowest BCUT2D eigenvalue weighted by Gasteiger charge is -2.12. The van der Waals surface area contributed by atoms with Gasteiger partial charge in [0, 0.05) is 16.8 Å². The number of aliphatic hydroxyl groups excluding tert-OH is 1. The number of benzene rings is 1. The van der Waals surface area contributed by atoms with Crippen molar-refractivity contribution in [3.05, 3.63) is 52.7 Å². The summed E-state index contributed by atoms with van der Waals surface area (Å²) in [4.78, 5) is 4.09. The summed E-state index contributed by atoms with van der Waals surface area (Å²) in [5, 5.41) is 9.83. The Morgan fingerprint density at radius 2 is 2.11 bits per heavy atom. The molecule has 1 heterocycles.